The second-order valence-corrected chi connectivity index (χ2v) is 6.38. The molecule has 0 aliphatic heterocycles. The molecule has 0 aromatic heterocycles. The number of carbonyl (C=O) groups is 1. The third-order valence-corrected chi connectivity index (χ3v) is 4.49. The molecule has 0 radical (unpaired) electrons. The normalized spacial score (nSPS) is 17.3. The molecule has 0 spiro atoms. The largest absolute Gasteiger partial charge is 0.391 e. The maximum absolute atomic E-state index is 12.2. The van der Waals surface area contributed by atoms with Crippen LogP contribution in [0.2, 0.25) is 0 Å². The van der Waals surface area contributed by atoms with Gasteiger partial charge in [0, 0.05) is 20.0 Å². The predicted molar refractivity (Wildman–Crippen MR) is 85.2 cm³/mol. The number of hydrogen-bond acceptors (Lipinski definition) is 2. The summed E-state index contributed by atoms with van der Waals surface area (Å²) in [6.45, 7) is 4.69. The first-order chi connectivity index (χ1) is 10.0. The number of aliphatic hydroxyl groups is 1. The van der Waals surface area contributed by atoms with Gasteiger partial charge in [0.25, 0.3) is 0 Å². The molecule has 1 N–H and O–H groups in total. The Morgan fingerprint density at radius 2 is 1.95 bits per heavy atom. The number of amides is 1. The van der Waals surface area contributed by atoms with Crippen LogP contribution in [-0.4, -0.2) is 35.6 Å². The van der Waals surface area contributed by atoms with Crippen LogP contribution < -0.4 is 0 Å². The number of benzene rings is 1. The molecule has 1 aromatic rings. The van der Waals surface area contributed by atoms with Crippen molar-refractivity contribution in [2.24, 2.45) is 5.92 Å². The summed E-state index contributed by atoms with van der Waals surface area (Å²) in [4.78, 5) is 13.9. The SMILES string of the molecule is CCc1ccc(C(C)CC(=O)N(C)CC(O)C2CC2)cc1. The quantitative estimate of drug-likeness (QED) is 0.838. The molecule has 2 atom stereocenters. The van der Waals surface area contributed by atoms with Gasteiger partial charge in [-0.05, 0) is 42.2 Å². The highest BCUT2D eigenvalue weighted by Gasteiger charge is 2.31. The third kappa shape index (κ3) is 4.57. The molecule has 3 nitrogen and oxygen atoms in total. The van der Waals surface area contributed by atoms with E-state index in [0.717, 1.165) is 19.3 Å². The van der Waals surface area contributed by atoms with Gasteiger partial charge in [-0.1, -0.05) is 38.1 Å². The first kappa shape index (κ1) is 16.0. The van der Waals surface area contributed by atoms with Crippen molar-refractivity contribution >= 4 is 5.91 Å². The summed E-state index contributed by atoms with van der Waals surface area (Å²) < 4.78 is 0. The first-order valence-corrected chi connectivity index (χ1v) is 8.02. The molecule has 1 amide bonds. The summed E-state index contributed by atoms with van der Waals surface area (Å²) in [5.41, 5.74) is 2.53. The minimum Gasteiger partial charge on any atom is -0.391 e. The van der Waals surface area contributed by atoms with Gasteiger partial charge in [-0.3, -0.25) is 4.79 Å². The van der Waals surface area contributed by atoms with Crippen molar-refractivity contribution in [3.05, 3.63) is 35.4 Å². The summed E-state index contributed by atoms with van der Waals surface area (Å²) in [5, 5.41) is 9.92. The Labute approximate surface area is 128 Å². The van der Waals surface area contributed by atoms with Crippen molar-refractivity contribution in [2.45, 2.75) is 51.6 Å². The van der Waals surface area contributed by atoms with Crippen LogP contribution in [0, 0.1) is 5.92 Å². The monoisotopic (exact) mass is 289 g/mol. The standard InChI is InChI=1S/C18H27NO2/c1-4-14-5-7-15(8-6-14)13(2)11-18(21)19(3)12-17(20)16-9-10-16/h5-8,13,16-17,20H,4,9-12H2,1-3H3. The van der Waals surface area contributed by atoms with E-state index in [-0.39, 0.29) is 17.9 Å². The van der Waals surface area contributed by atoms with Crippen LogP contribution in [0.1, 0.15) is 50.2 Å². The lowest BCUT2D eigenvalue weighted by atomic mass is 9.96. The van der Waals surface area contributed by atoms with Crippen LogP contribution in [0.5, 0.6) is 0 Å². The van der Waals surface area contributed by atoms with Gasteiger partial charge in [0.1, 0.15) is 0 Å². The number of nitrogens with zero attached hydrogens (tertiary/aromatic N) is 1. The zero-order valence-electron chi connectivity index (χ0n) is 13.4. The molecule has 0 bridgehead atoms. The molecule has 0 saturated heterocycles. The zero-order chi connectivity index (χ0) is 15.4. The number of hydrogen-bond donors (Lipinski definition) is 1. The average molecular weight is 289 g/mol. The van der Waals surface area contributed by atoms with Gasteiger partial charge >= 0.3 is 0 Å². The highest BCUT2D eigenvalue weighted by molar-refractivity contribution is 5.76. The lowest BCUT2D eigenvalue weighted by Crippen LogP contribution is -2.35. The van der Waals surface area contributed by atoms with Crippen LogP contribution in [0.3, 0.4) is 0 Å². The Bertz CT molecular complexity index is 465. The number of aryl methyl sites for hydroxylation is 1. The van der Waals surface area contributed by atoms with E-state index in [2.05, 4.69) is 38.1 Å². The van der Waals surface area contributed by atoms with E-state index in [4.69, 9.17) is 0 Å². The molecule has 0 heterocycles. The number of rotatable bonds is 7. The van der Waals surface area contributed by atoms with Crippen LogP contribution in [0.15, 0.2) is 24.3 Å². The summed E-state index contributed by atoms with van der Waals surface area (Å²) in [7, 11) is 1.79. The molecular formula is C18H27NO2. The van der Waals surface area contributed by atoms with Crippen LogP contribution >= 0.6 is 0 Å². The topological polar surface area (TPSA) is 40.5 Å². The van der Waals surface area contributed by atoms with Gasteiger partial charge in [-0.25, -0.2) is 0 Å². The molecule has 21 heavy (non-hydrogen) atoms. The van der Waals surface area contributed by atoms with E-state index in [1.807, 2.05) is 0 Å². The molecule has 2 unspecified atom stereocenters. The van der Waals surface area contributed by atoms with E-state index >= 15 is 0 Å². The second-order valence-electron chi connectivity index (χ2n) is 6.38. The Balaban J connectivity index is 1.84. The Morgan fingerprint density at radius 3 is 2.48 bits per heavy atom. The van der Waals surface area contributed by atoms with Gasteiger partial charge in [0.15, 0.2) is 0 Å². The fourth-order valence-corrected chi connectivity index (χ4v) is 2.63. The van der Waals surface area contributed by atoms with Crippen molar-refractivity contribution < 1.29 is 9.90 Å². The fraction of sp³-hybridized carbons (Fsp3) is 0.611. The summed E-state index contributed by atoms with van der Waals surface area (Å²) in [5.74, 6) is 0.741. The molecule has 116 valence electrons. The van der Waals surface area contributed by atoms with E-state index in [9.17, 15) is 9.90 Å². The van der Waals surface area contributed by atoms with Crippen LogP contribution in [-0.2, 0) is 11.2 Å². The van der Waals surface area contributed by atoms with E-state index in [1.165, 1.54) is 11.1 Å². The Hall–Kier alpha value is -1.35. The number of aliphatic hydroxyl groups excluding tert-OH is 1. The van der Waals surface area contributed by atoms with Crippen molar-refractivity contribution in [1.82, 2.24) is 4.90 Å². The second kappa shape index (κ2) is 7.08. The fourth-order valence-electron chi connectivity index (χ4n) is 2.63. The number of likely N-dealkylation sites (N-methyl/N-ethyl adjacent to an activating group) is 1. The van der Waals surface area contributed by atoms with Crippen LogP contribution in [0.25, 0.3) is 0 Å². The van der Waals surface area contributed by atoms with Gasteiger partial charge in [0.05, 0.1) is 6.10 Å². The van der Waals surface area contributed by atoms with Gasteiger partial charge in [-0.15, -0.1) is 0 Å². The minimum atomic E-state index is -0.349. The first-order valence-electron chi connectivity index (χ1n) is 8.02. The molecule has 2 rings (SSSR count). The smallest absolute Gasteiger partial charge is 0.223 e. The zero-order valence-corrected chi connectivity index (χ0v) is 13.4. The van der Waals surface area contributed by atoms with E-state index in [1.54, 1.807) is 11.9 Å². The minimum absolute atomic E-state index is 0.113. The maximum atomic E-state index is 12.2. The van der Waals surface area contributed by atoms with Crippen molar-refractivity contribution in [2.75, 3.05) is 13.6 Å². The third-order valence-electron chi connectivity index (χ3n) is 4.49. The Kier molecular flexibility index (Phi) is 5.40. The molecule has 1 aliphatic carbocycles. The van der Waals surface area contributed by atoms with E-state index in [0.29, 0.717) is 18.9 Å². The average Bonchev–Trinajstić information content (AvgIpc) is 3.31. The maximum Gasteiger partial charge on any atom is 0.223 e. The highest BCUT2D eigenvalue weighted by atomic mass is 16.3. The van der Waals surface area contributed by atoms with Gasteiger partial charge in [0.2, 0.25) is 5.91 Å². The van der Waals surface area contributed by atoms with Gasteiger partial charge in [-0.2, -0.15) is 0 Å². The predicted octanol–water partition coefficient (Wildman–Crippen LogP) is 2.97. The van der Waals surface area contributed by atoms with E-state index < -0.39 is 0 Å². The molecule has 3 heteroatoms. The lowest BCUT2D eigenvalue weighted by Gasteiger charge is -2.22. The molecule has 1 fully saturated rings. The number of carbonyl (C=O) groups excluding carboxylic acids is 1. The summed E-state index contributed by atoms with van der Waals surface area (Å²) in [6.07, 6.45) is 3.39. The van der Waals surface area contributed by atoms with Crippen molar-refractivity contribution in [3.63, 3.8) is 0 Å². The summed E-state index contributed by atoms with van der Waals surface area (Å²) in [6, 6.07) is 8.51. The molecule has 1 saturated carbocycles. The molecular weight excluding hydrogens is 262 g/mol. The van der Waals surface area contributed by atoms with Crippen molar-refractivity contribution in [1.29, 1.82) is 0 Å². The molecule has 1 aromatic carbocycles. The van der Waals surface area contributed by atoms with Crippen molar-refractivity contribution in [3.8, 4) is 0 Å². The summed E-state index contributed by atoms with van der Waals surface area (Å²) >= 11 is 0. The lowest BCUT2D eigenvalue weighted by molar-refractivity contribution is -0.131. The Morgan fingerprint density at radius 1 is 1.33 bits per heavy atom. The molecule has 1 aliphatic rings. The van der Waals surface area contributed by atoms with Gasteiger partial charge < -0.3 is 10.0 Å². The highest BCUT2D eigenvalue weighted by Crippen LogP contribution is 2.32. The van der Waals surface area contributed by atoms with Crippen LogP contribution in [0.4, 0.5) is 0 Å².